The number of H-pyrrole nitrogens is 2. The highest BCUT2D eigenvalue weighted by molar-refractivity contribution is 6.76. The van der Waals surface area contributed by atoms with Crippen LogP contribution in [0.15, 0.2) is 219 Å². The highest BCUT2D eigenvalue weighted by Gasteiger charge is 2.24. The van der Waals surface area contributed by atoms with Gasteiger partial charge in [0.25, 0.3) is 23.6 Å². The zero-order valence-corrected chi connectivity index (χ0v) is 86.9. The number of alkyl halides is 2. The van der Waals surface area contributed by atoms with Gasteiger partial charge in [0.1, 0.15) is 49.1 Å². The smallest absolute Gasteiger partial charge is 0.251 e. The van der Waals surface area contributed by atoms with Gasteiger partial charge in [0.05, 0.1) is 44.8 Å². The summed E-state index contributed by atoms with van der Waals surface area (Å²) < 4.78 is 45.4. The molecular formula is C108H122Cl4F2N20O6Si2. The van der Waals surface area contributed by atoms with Crippen molar-refractivity contribution in [3.8, 4) is 45.6 Å². The van der Waals surface area contributed by atoms with E-state index in [1.54, 1.807) is 136 Å². The number of imidazole rings is 4. The van der Waals surface area contributed by atoms with Crippen LogP contribution >= 0.6 is 46.4 Å². The molecule has 740 valence electrons. The van der Waals surface area contributed by atoms with Gasteiger partial charge in [0, 0.05) is 217 Å². The second kappa shape index (κ2) is 52.3. The van der Waals surface area contributed by atoms with Gasteiger partial charge < -0.3 is 49.8 Å². The van der Waals surface area contributed by atoms with Crippen LogP contribution in [-0.2, 0) is 61.5 Å². The number of fused-ring (bicyclic) bond motifs is 4. The zero-order valence-electron chi connectivity index (χ0n) is 81.9. The summed E-state index contributed by atoms with van der Waals surface area (Å²) in [6, 6.07) is 52.9. The first-order valence-electron chi connectivity index (χ1n) is 48.4. The average molecular weight is 2030 g/mol. The lowest BCUT2D eigenvalue weighted by atomic mass is 10.0. The van der Waals surface area contributed by atoms with Gasteiger partial charge in [-0.25, -0.2) is 68.6 Å². The van der Waals surface area contributed by atoms with E-state index in [4.69, 9.17) is 75.8 Å². The van der Waals surface area contributed by atoms with E-state index in [1.165, 1.54) is 0 Å². The van der Waals surface area contributed by atoms with Crippen molar-refractivity contribution in [2.75, 3.05) is 39.4 Å². The molecule has 0 bridgehead atoms. The van der Waals surface area contributed by atoms with Crippen LogP contribution in [0.5, 0.6) is 0 Å². The van der Waals surface area contributed by atoms with Gasteiger partial charge in [-0.15, -0.1) is 0 Å². The van der Waals surface area contributed by atoms with Crippen molar-refractivity contribution in [2.45, 2.75) is 195 Å². The lowest BCUT2D eigenvalue weighted by molar-refractivity contribution is 0.0849. The van der Waals surface area contributed by atoms with Crippen LogP contribution in [-0.4, -0.2) is 158 Å². The molecule has 16 rings (SSSR count). The molecule has 142 heavy (non-hydrogen) atoms. The Balaban J connectivity index is 0.000000160. The monoisotopic (exact) mass is 2030 g/mol. The number of halogens is 6. The fourth-order valence-electron chi connectivity index (χ4n) is 15.4. The summed E-state index contributed by atoms with van der Waals surface area (Å²) in [6.45, 7) is 26.5. The largest absolute Gasteiger partial charge is 0.361 e. The quantitative estimate of drug-likeness (QED) is 0.0153. The van der Waals surface area contributed by atoms with Gasteiger partial charge in [-0.3, -0.25) is 19.2 Å². The summed E-state index contributed by atoms with van der Waals surface area (Å²) in [5.41, 5.74) is 10.6. The number of aromatic nitrogens is 16. The third-order valence-electron chi connectivity index (χ3n) is 23.4. The van der Waals surface area contributed by atoms with E-state index < -0.39 is 28.5 Å². The number of carbonyl (C=O) groups excluding carboxylic acids is 4. The van der Waals surface area contributed by atoms with Crippen molar-refractivity contribution in [3.63, 3.8) is 0 Å². The van der Waals surface area contributed by atoms with Crippen molar-refractivity contribution < 1.29 is 37.4 Å². The Morgan fingerprint density at radius 3 is 0.951 bits per heavy atom. The fourth-order valence-corrected chi connectivity index (χ4v) is 17.5. The predicted molar refractivity (Wildman–Crippen MR) is 569 cm³/mol. The Labute approximate surface area is 849 Å². The third-order valence-corrected chi connectivity index (χ3v) is 27.8. The maximum absolute atomic E-state index is 14.9. The molecule has 0 saturated heterocycles. The van der Waals surface area contributed by atoms with Crippen LogP contribution in [0.25, 0.3) is 89.2 Å². The number of nitrogens with zero attached hydrogens (tertiary/aromatic N) is 14. The molecule has 0 fully saturated rings. The molecule has 8 aromatic heterocycles. The lowest BCUT2D eigenvalue weighted by Gasteiger charge is -2.16. The van der Waals surface area contributed by atoms with E-state index in [2.05, 4.69) is 124 Å². The van der Waals surface area contributed by atoms with E-state index in [-0.39, 0.29) is 30.0 Å². The molecule has 2 atom stereocenters. The molecule has 0 radical (unpaired) electrons. The Morgan fingerprint density at radius 1 is 0.366 bits per heavy atom. The Hall–Kier alpha value is -12.8. The number of amides is 4. The Morgan fingerprint density at radius 2 is 0.662 bits per heavy atom. The topological polar surface area (TPSA) is 331 Å². The summed E-state index contributed by atoms with van der Waals surface area (Å²) in [5, 5.41) is 17.6. The summed E-state index contributed by atoms with van der Waals surface area (Å²) in [7, 11) is -2.22. The minimum Gasteiger partial charge on any atom is -0.361 e. The molecule has 0 spiro atoms. The number of aromatic amines is 2. The molecule has 0 saturated carbocycles. The number of rotatable bonds is 42. The predicted octanol–water partition coefficient (Wildman–Crippen LogP) is 24.5. The number of aryl methyl sites for hydroxylation is 6. The van der Waals surface area contributed by atoms with Gasteiger partial charge >= 0.3 is 0 Å². The molecule has 2 unspecified atom stereocenters. The van der Waals surface area contributed by atoms with Crippen molar-refractivity contribution in [1.29, 1.82) is 0 Å². The van der Waals surface area contributed by atoms with Crippen molar-refractivity contribution >= 4 is 130 Å². The molecule has 8 aromatic carbocycles. The SMILES string of the molecule is CCC(F)c1nc(-c2ccc(Cl)cc2)nc2cc(C(=O)NCCCc3ncc[nH]3)ccc12.CCC(F)c1nc(-c2ccc(Cl)cc2)nc2cc(C(=O)NCCCc3nccn3COCC[Si](C)(C)C)ccc12.CCCc1nc(-c2ccc(Cl)cc2)nc2cc(C(=O)NCCCc3ncc[nH]3)ccc12.CCCc1nc(-c2ccc(Cl)cc2)nc2cc(C(=O)NCCCc3nccn3COCC[Si](C)(C)C)ccc12. The minimum atomic E-state index is -1.24. The van der Waals surface area contributed by atoms with Crippen molar-refractivity contribution in [3.05, 3.63) is 308 Å². The molecule has 0 aliphatic heterocycles. The first-order chi connectivity index (χ1) is 68.6. The van der Waals surface area contributed by atoms with Gasteiger partial charge in [0.2, 0.25) is 0 Å². The number of benzene rings is 8. The van der Waals surface area contributed by atoms with Crippen LogP contribution in [0.3, 0.4) is 0 Å². The van der Waals surface area contributed by atoms with Gasteiger partial charge in [-0.05, 0) is 209 Å². The average Bonchev–Trinajstić information content (AvgIpc) is 1.24. The zero-order chi connectivity index (χ0) is 101. The van der Waals surface area contributed by atoms with Crippen LogP contribution in [0, 0.1) is 0 Å². The molecular weight excluding hydrogens is 1910 g/mol. The first kappa shape index (κ1) is 107. The summed E-state index contributed by atoms with van der Waals surface area (Å²) >= 11 is 24.1. The lowest BCUT2D eigenvalue weighted by Crippen LogP contribution is -2.25. The molecule has 8 heterocycles. The number of hydrogen-bond acceptors (Lipinski definition) is 18. The number of hydrogen-bond donors (Lipinski definition) is 6. The highest BCUT2D eigenvalue weighted by Crippen LogP contribution is 2.35. The third kappa shape index (κ3) is 31.1. The van der Waals surface area contributed by atoms with Crippen molar-refractivity contribution in [1.82, 2.24) is 100 Å². The van der Waals surface area contributed by atoms with Gasteiger partial charge in [-0.1, -0.05) is 150 Å². The standard InChI is InChI=1S/C30H37ClFN5O2Si.C30H38ClN5O2Si.C24H23ClFN5O.C24H24ClN5O/c1-5-25(32)28-24-13-10-22(19-26(24)35-29(36-28)21-8-11-23(31)12-9-21)30(38)34-14-6-7-27-33-15-16-37(27)20-39-17-18-40(2,3)4;1-5-7-26-25-14-11-23(20-27(25)35-29(34-26)22-9-12-24(31)13-10-22)30(37)33-15-6-8-28-32-16-17-36(28)21-38-18-19-39(2,3)4;1-2-19(26)22-18-10-7-16(24(32)29-11-3-4-21-27-12-13-28-21)14-20(18)30-23(31-22)15-5-8-17(25)9-6-15;1-2-4-20-19-11-8-17(24(31)28-12-3-5-22-26-13-14-27-22)15-21(19)30-23(29-20)16-6-9-18(25)10-7-16/h8-13,15-16,19,25H,5-7,14,17-18,20H2,1-4H3,(H,34,38);9-14,16-17,20H,5-8,15,18-19,21H2,1-4H3,(H,33,37);5-10,12-14,19H,2-4,11H2,1H3,(H,27,28)(H,29,32);6-11,13-15H,2-5,12H2,1H3,(H,26,27)(H,28,31). The second-order valence-corrected chi connectivity index (χ2v) is 49.9. The molecule has 26 nitrogen and oxygen atoms in total. The summed E-state index contributed by atoms with van der Waals surface area (Å²) in [6.07, 6.45) is 22.3. The number of nitrogens with one attached hydrogen (secondary N) is 6. The van der Waals surface area contributed by atoms with E-state index in [9.17, 15) is 28.0 Å². The highest BCUT2D eigenvalue weighted by atomic mass is 35.5. The minimum absolute atomic E-state index is 0.106. The maximum atomic E-state index is 14.9. The Kier molecular flexibility index (Phi) is 39.2. The second-order valence-electron chi connectivity index (χ2n) is 36.9. The van der Waals surface area contributed by atoms with Crippen LogP contribution < -0.4 is 21.3 Å². The van der Waals surface area contributed by atoms with Crippen LogP contribution in [0.4, 0.5) is 8.78 Å². The molecule has 34 heteroatoms. The molecule has 6 N–H and O–H groups in total. The van der Waals surface area contributed by atoms with Crippen LogP contribution in [0.1, 0.15) is 179 Å². The maximum Gasteiger partial charge on any atom is 0.251 e. The summed E-state index contributed by atoms with van der Waals surface area (Å²) in [4.78, 5) is 112. The summed E-state index contributed by atoms with van der Waals surface area (Å²) in [5.74, 6) is 5.17. The van der Waals surface area contributed by atoms with E-state index >= 15 is 0 Å². The number of ether oxygens (including phenoxy) is 2. The normalized spacial score (nSPS) is 11.9. The molecule has 4 amide bonds. The molecule has 16 aromatic rings. The van der Waals surface area contributed by atoms with Gasteiger partial charge in [-0.2, -0.15) is 0 Å². The van der Waals surface area contributed by atoms with Crippen molar-refractivity contribution in [2.24, 2.45) is 0 Å². The fraction of sp³-hybridized carbons (Fsp3) is 0.333. The van der Waals surface area contributed by atoms with E-state index in [1.807, 2.05) is 106 Å². The van der Waals surface area contributed by atoms with E-state index in [0.29, 0.717) is 145 Å². The number of carbonyl (C=O) groups is 4. The molecule has 0 aliphatic carbocycles. The molecule has 0 aliphatic rings. The van der Waals surface area contributed by atoms with Crippen LogP contribution in [0.2, 0.25) is 71.5 Å². The van der Waals surface area contributed by atoms with Gasteiger partial charge in [0.15, 0.2) is 23.3 Å². The Bertz CT molecular complexity index is 6860. The van der Waals surface area contributed by atoms with E-state index in [0.717, 1.165) is 181 Å². The first-order valence-corrected chi connectivity index (χ1v) is 57.3.